The Balaban J connectivity index is 0.000000640. The summed E-state index contributed by atoms with van der Waals surface area (Å²) >= 11 is 5.45. The van der Waals surface area contributed by atoms with Crippen LogP contribution in [0, 0.1) is 0 Å². The van der Waals surface area contributed by atoms with E-state index in [1.54, 1.807) is 0 Å². The second-order valence-electron chi connectivity index (χ2n) is 1.94. The maximum Gasteiger partial charge on any atom is 0.236 e. The molecule has 1 rings (SSSR count). The van der Waals surface area contributed by atoms with Crippen molar-refractivity contribution in [3.05, 3.63) is 0 Å². The molecular weight excluding hydrogens is 142 g/mol. The Bertz CT molecular complexity index is 107. The smallest absolute Gasteiger partial charge is 0.236 e. The van der Waals surface area contributed by atoms with Gasteiger partial charge in [0.15, 0.2) is 0 Å². The lowest BCUT2D eigenvalue weighted by Gasteiger charge is -2.17. The molecule has 0 aromatic rings. The number of amides is 1. The Labute approximate surface area is 59.0 Å². The molecule has 2 N–H and O–H groups in total. The van der Waals surface area contributed by atoms with Gasteiger partial charge in [-0.05, 0) is 12.8 Å². The number of halogens is 1. The molecule has 0 saturated carbocycles. The second kappa shape index (κ2) is 3.69. The van der Waals surface area contributed by atoms with E-state index in [1.165, 1.54) is 4.42 Å². The van der Waals surface area contributed by atoms with Gasteiger partial charge in [0.2, 0.25) is 5.91 Å². The molecule has 1 aliphatic rings. The van der Waals surface area contributed by atoms with Crippen molar-refractivity contribution in [2.45, 2.75) is 19.3 Å². The standard InChI is InChI=1S/C5H8ClNO.H2O/c6-7-4-2-1-3-5(7)8;/h1-4H2;1H2. The van der Waals surface area contributed by atoms with Gasteiger partial charge in [-0.3, -0.25) is 9.21 Å². The Morgan fingerprint density at radius 1 is 1.44 bits per heavy atom. The number of carbonyl (C=O) groups is 1. The number of rotatable bonds is 0. The van der Waals surface area contributed by atoms with Gasteiger partial charge in [0.1, 0.15) is 0 Å². The molecule has 1 saturated heterocycles. The van der Waals surface area contributed by atoms with Crippen molar-refractivity contribution < 1.29 is 10.3 Å². The normalized spacial score (nSPS) is 19.2. The van der Waals surface area contributed by atoms with E-state index in [-0.39, 0.29) is 11.4 Å². The first-order valence-electron chi connectivity index (χ1n) is 2.77. The second-order valence-corrected chi connectivity index (χ2v) is 2.34. The number of carbonyl (C=O) groups excluding carboxylic acids is 1. The summed E-state index contributed by atoms with van der Waals surface area (Å²) in [4.78, 5) is 10.6. The zero-order chi connectivity index (χ0) is 5.98. The molecule has 0 atom stereocenters. The highest BCUT2D eigenvalue weighted by Gasteiger charge is 2.14. The van der Waals surface area contributed by atoms with Crippen LogP contribution in [0.25, 0.3) is 0 Å². The average Bonchev–Trinajstić information content (AvgIpc) is 1.77. The summed E-state index contributed by atoms with van der Waals surface area (Å²) in [7, 11) is 0. The number of hydrogen-bond donors (Lipinski definition) is 0. The Morgan fingerprint density at radius 3 is 2.44 bits per heavy atom. The molecule has 1 fully saturated rings. The summed E-state index contributed by atoms with van der Waals surface area (Å²) in [6.07, 6.45) is 2.68. The van der Waals surface area contributed by atoms with Gasteiger partial charge in [-0.25, -0.2) is 0 Å². The van der Waals surface area contributed by atoms with Gasteiger partial charge in [-0.1, -0.05) is 0 Å². The molecule has 54 valence electrons. The van der Waals surface area contributed by atoms with E-state index in [0.717, 1.165) is 19.4 Å². The van der Waals surface area contributed by atoms with Gasteiger partial charge < -0.3 is 5.48 Å². The predicted octanol–water partition coefficient (Wildman–Crippen LogP) is 0.328. The Hall–Kier alpha value is -0.280. The van der Waals surface area contributed by atoms with Gasteiger partial charge >= 0.3 is 0 Å². The largest absolute Gasteiger partial charge is 0.412 e. The highest BCUT2D eigenvalue weighted by molar-refractivity contribution is 6.21. The van der Waals surface area contributed by atoms with E-state index in [0.29, 0.717) is 6.42 Å². The van der Waals surface area contributed by atoms with Crippen molar-refractivity contribution in [1.82, 2.24) is 4.42 Å². The van der Waals surface area contributed by atoms with Gasteiger partial charge in [-0.2, -0.15) is 0 Å². The maximum atomic E-state index is 10.6. The van der Waals surface area contributed by atoms with Crippen LogP contribution in [0.4, 0.5) is 0 Å². The van der Waals surface area contributed by atoms with Crippen LogP contribution in [0.2, 0.25) is 0 Å². The van der Waals surface area contributed by atoms with E-state index >= 15 is 0 Å². The van der Waals surface area contributed by atoms with Crippen LogP contribution >= 0.6 is 11.8 Å². The molecule has 4 heteroatoms. The molecule has 1 amide bonds. The average molecular weight is 152 g/mol. The molecule has 0 aromatic heterocycles. The molecule has 1 heterocycles. The van der Waals surface area contributed by atoms with E-state index in [9.17, 15) is 4.79 Å². The summed E-state index contributed by atoms with van der Waals surface area (Å²) in [5.74, 6) is 0.0675. The van der Waals surface area contributed by atoms with E-state index in [4.69, 9.17) is 11.8 Å². The summed E-state index contributed by atoms with van der Waals surface area (Å²) in [5.41, 5.74) is 0. The first-order chi connectivity index (χ1) is 3.80. The summed E-state index contributed by atoms with van der Waals surface area (Å²) in [6.45, 7) is 0.723. The number of piperidine rings is 1. The van der Waals surface area contributed by atoms with E-state index < -0.39 is 0 Å². The monoisotopic (exact) mass is 151 g/mol. The Morgan fingerprint density at radius 2 is 2.11 bits per heavy atom. The van der Waals surface area contributed by atoms with Crippen LogP contribution in [0.5, 0.6) is 0 Å². The molecule has 0 bridgehead atoms. The number of nitrogens with zero attached hydrogens (tertiary/aromatic N) is 1. The molecule has 0 unspecified atom stereocenters. The molecule has 3 nitrogen and oxygen atoms in total. The van der Waals surface area contributed by atoms with Crippen molar-refractivity contribution in [1.29, 1.82) is 0 Å². The topological polar surface area (TPSA) is 51.8 Å². The maximum absolute atomic E-state index is 10.6. The van der Waals surface area contributed by atoms with Crippen LogP contribution in [-0.4, -0.2) is 22.3 Å². The fourth-order valence-electron chi connectivity index (χ4n) is 0.773. The molecule has 0 aliphatic carbocycles. The van der Waals surface area contributed by atoms with Crippen LogP contribution < -0.4 is 0 Å². The fourth-order valence-corrected chi connectivity index (χ4v) is 0.977. The predicted molar refractivity (Wildman–Crippen MR) is 35.0 cm³/mol. The lowest BCUT2D eigenvalue weighted by atomic mass is 10.2. The molecule has 0 radical (unpaired) electrons. The van der Waals surface area contributed by atoms with Crippen molar-refractivity contribution >= 4 is 17.7 Å². The molecule has 1 aliphatic heterocycles. The Kier molecular flexibility index (Phi) is 3.58. The highest BCUT2D eigenvalue weighted by Crippen LogP contribution is 2.11. The molecule has 0 aromatic carbocycles. The third-order valence-electron chi connectivity index (χ3n) is 1.27. The van der Waals surface area contributed by atoms with E-state index in [2.05, 4.69) is 0 Å². The van der Waals surface area contributed by atoms with Crippen molar-refractivity contribution in [3.63, 3.8) is 0 Å². The summed E-state index contributed by atoms with van der Waals surface area (Å²) in [5, 5.41) is 0. The minimum Gasteiger partial charge on any atom is -0.412 e. The minimum atomic E-state index is 0. The lowest BCUT2D eigenvalue weighted by Crippen LogP contribution is -2.26. The van der Waals surface area contributed by atoms with Gasteiger partial charge in [-0.15, -0.1) is 0 Å². The fraction of sp³-hybridized carbons (Fsp3) is 0.800. The van der Waals surface area contributed by atoms with Crippen LogP contribution in [0.3, 0.4) is 0 Å². The third-order valence-corrected chi connectivity index (χ3v) is 1.62. The van der Waals surface area contributed by atoms with Crippen LogP contribution in [0.1, 0.15) is 19.3 Å². The highest BCUT2D eigenvalue weighted by atomic mass is 35.5. The van der Waals surface area contributed by atoms with Crippen molar-refractivity contribution in [2.24, 2.45) is 0 Å². The summed E-state index contributed by atoms with van der Waals surface area (Å²) < 4.78 is 1.27. The van der Waals surface area contributed by atoms with Gasteiger partial charge in [0.05, 0.1) is 0 Å². The number of hydrogen-bond acceptors (Lipinski definition) is 1. The van der Waals surface area contributed by atoms with Gasteiger partial charge in [0.25, 0.3) is 0 Å². The zero-order valence-electron chi connectivity index (χ0n) is 5.06. The van der Waals surface area contributed by atoms with Crippen LogP contribution in [0.15, 0.2) is 0 Å². The zero-order valence-corrected chi connectivity index (χ0v) is 5.82. The lowest BCUT2D eigenvalue weighted by molar-refractivity contribution is -0.128. The third kappa shape index (κ3) is 2.20. The van der Waals surface area contributed by atoms with Crippen LogP contribution in [-0.2, 0) is 4.79 Å². The first-order valence-corrected chi connectivity index (χ1v) is 3.10. The van der Waals surface area contributed by atoms with Crippen molar-refractivity contribution in [3.8, 4) is 0 Å². The first kappa shape index (κ1) is 8.72. The molecule has 0 spiro atoms. The minimum absolute atomic E-state index is 0. The van der Waals surface area contributed by atoms with Gasteiger partial charge in [0, 0.05) is 24.7 Å². The molecule has 9 heavy (non-hydrogen) atoms. The van der Waals surface area contributed by atoms with E-state index in [1.807, 2.05) is 0 Å². The molecular formula is C5H10ClNO2. The quantitative estimate of drug-likeness (QED) is 0.461. The van der Waals surface area contributed by atoms with Crippen molar-refractivity contribution in [2.75, 3.05) is 6.54 Å². The summed E-state index contributed by atoms with van der Waals surface area (Å²) in [6, 6.07) is 0. The SMILES string of the molecule is O.O=C1CCCCN1Cl.